The predicted octanol–water partition coefficient (Wildman–Crippen LogP) is 6.51. The van der Waals surface area contributed by atoms with Crippen molar-refractivity contribution in [3.05, 3.63) is 29.8 Å². The largest absolute Gasteiger partial charge is 0.573 e. The first kappa shape index (κ1) is 18.2. The third kappa shape index (κ3) is 6.84. The molecule has 0 saturated heterocycles. The number of rotatable bonds is 7. The summed E-state index contributed by atoms with van der Waals surface area (Å²) in [5, 5.41) is 0. The molecule has 0 unspecified atom stereocenters. The number of alkyl halides is 3. The van der Waals surface area contributed by atoms with Crippen LogP contribution in [0, 0.1) is 11.8 Å². The molecule has 1 aromatic carbocycles. The van der Waals surface area contributed by atoms with Gasteiger partial charge < -0.3 is 4.74 Å². The van der Waals surface area contributed by atoms with Gasteiger partial charge in [0.2, 0.25) is 0 Å². The normalized spacial score (nSPS) is 22.1. The van der Waals surface area contributed by atoms with Gasteiger partial charge in [0.15, 0.2) is 0 Å². The molecule has 0 spiro atoms. The van der Waals surface area contributed by atoms with Crippen molar-refractivity contribution in [2.45, 2.75) is 71.1 Å². The van der Waals surface area contributed by atoms with E-state index in [-0.39, 0.29) is 5.75 Å². The minimum atomic E-state index is -4.61. The standard InChI is InChI=1S/C19H27F3O/c1-2-3-4-15-5-7-16(8-6-15)9-10-17-11-13-18(14-12-17)23-19(20,21)22/h11-16H,2-10H2,1H3. The summed E-state index contributed by atoms with van der Waals surface area (Å²) in [5.41, 5.74) is 1.09. The second-order valence-electron chi connectivity index (χ2n) is 6.76. The lowest BCUT2D eigenvalue weighted by Gasteiger charge is -2.28. The molecular formula is C19H27F3O. The molecule has 1 saturated carbocycles. The zero-order valence-electron chi connectivity index (χ0n) is 13.9. The van der Waals surface area contributed by atoms with E-state index in [1.54, 1.807) is 12.1 Å². The van der Waals surface area contributed by atoms with Crippen molar-refractivity contribution >= 4 is 0 Å². The quantitative estimate of drug-likeness (QED) is 0.554. The van der Waals surface area contributed by atoms with Crippen LogP contribution in [0.5, 0.6) is 5.75 Å². The third-order valence-corrected chi connectivity index (χ3v) is 4.93. The summed E-state index contributed by atoms with van der Waals surface area (Å²) in [6.45, 7) is 2.25. The number of hydrogen-bond acceptors (Lipinski definition) is 1. The van der Waals surface area contributed by atoms with Gasteiger partial charge in [-0.1, -0.05) is 64.0 Å². The van der Waals surface area contributed by atoms with Crippen LogP contribution in [0.15, 0.2) is 24.3 Å². The molecule has 4 heteroatoms. The Morgan fingerprint density at radius 3 is 2.04 bits per heavy atom. The molecule has 0 amide bonds. The highest BCUT2D eigenvalue weighted by molar-refractivity contribution is 5.27. The van der Waals surface area contributed by atoms with Crippen molar-refractivity contribution in [3.63, 3.8) is 0 Å². The first-order valence-corrected chi connectivity index (χ1v) is 8.81. The van der Waals surface area contributed by atoms with Gasteiger partial charge in [0.1, 0.15) is 5.75 Å². The Hall–Kier alpha value is -1.19. The van der Waals surface area contributed by atoms with Crippen LogP contribution in [0.25, 0.3) is 0 Å². The zero-order valence-corrected chi connectivity index (χ0v) is 13.9. The Morgan fingerprint density at radius 1 is 0.957 bits per heavy atom. The maximum absolute atomic E-state index is 12.1. The smallest absolute Gasteiger partial charge is 0.406 e. The lowest BCUT2D eigenvalue weighted by molar-refractivity contribution is -0.274. The second kappa shape index (κ2) is 8.60. The van der Waals surface area contributed by atoms with E-state index in [0.29, 0.717) is 0 Å². The van der Waals surface area contributed by atoms with Gasteiger partial charge >= 0.3 is 6.36 Å². The van der Waals surface area contributed by atoms with Crippen LogP contribution >= 0.6 is 0 Å². The number of benzene rings is 1. The van der Waals surface area contributed by atoms with Gasteiger partial charge in [0.05, 0.1) is 0 Å². The van der Waals surface area contributed by atoms with Crippen LogP contribution in [0.3, 0.4) is 0 Å². The molecule has 0 atom stereocenters. The molecule has 130 valence electrons. The summed E-state index contributed by atoms with van der Waals surface area (Å²) in [6.07, 6.45) is 6.80. The molecular weight excluding hydrogens is 301 g/mol. The third-order valence-electron chi connectivity index (χ3n) is 4.93. The van der Waals surface area contributed by atoms with E-state index in [1.165, 1.54) is 57.1 Å². The number of halogens is 3. The summed E-state index contributed by atoms with van der Waals surface area (Å²) in [5.74, 6) is 1.56. The molecule has 0 N–H and O–H groups in total. The van der Waals surface area contributed by atoms with Crippen LogP contribution in [-0.2, 0) is 6.42 Å². The van der Waals surface area contributed by atoms with Gasteiger partial charge in [-0.25, -0.2) is 0 Å². The van der Waals surface area contributed by atoms with Gasteiger partial charge in [-0.15, -0.1) is 13.2 Å². The Balaban J connectivity index is 1.70. The maximum atomic E-state index is 12.1. The Bertz CT molecular complexity index is 445. The molecule has 0 radical (unpaired) electrons. The molecule has 2 rings (SSSR count). The fraction of sp³-hybridized carbons (Fsp3) is 0.684. The number of unbranched alkanes of at least 4 members (excludes halogenated alkanes) is 1. The molecule has 1 aliphatic carbocycles. The summed E-state index contributed by atoms with van der Waals surface area (Å²) in [7, 11) is 0. The van der Waals surface area contributed by atoms with E-state index in [2.05, 4.69) is 11.7 Å². The topological polar surface area (TPSA) is 9.23 Å². The first-order chi connectivity index (χ1) is 11.0. The highest BCUT2D eigenvalue weighted by Gasteiger charge is 2.31. The highest BCUT2D eigenvalue weighted by atomic mass is 19.4. The van der Waals surface area contributed by atoms with Gasteiger partial charge in [-0.05, 0) is 42.4 Å². The van der Waals surface area contributed by atoms with Crippen molar-refractivity contribution in [2.75, 3.05) is 0 Å². The van der Waals surface area contributed by atoms with Crippen molar-refractivity contribution in [1.29, 1.82) is 0 Å². The number of hydrogen-bond donors (Lipinski definition) is 0. The first-order valence-electron chi connectivity index (χ1n) is 8.81. The van der Waals surface area contributed by atoms with Crippen molar-refractivity contribution in [3.8, 4) is 5.75 Å². The maximum Gasteiger partial charge on any atom is 0.573 e. The fourth-order valence-electron chi connectivity index (χ4n) is 3.53. The van der Waals surface area contributed by atoms with Crippen LogP contribution < -0.4 is 4.74 Å². The second-order valence-corrected chi connectivity index (χ2v) is 6.76. The van der Waals surface area contributed by atoms with Gasteiger partial charge in [-0.3, -0.25) is 0 Å². The van der Waals surface area contributed by atoms with Crippen molar-refractivity contribution in [2.24, 2.45) is 11.8 Å². The summed E-state index contributed by atoms with van der Waals surface area (Å²) in [6, 6.07) is 6.30. The average Bonchev–Trinajstić information content (AvgIpc) is 2.52. The Kier molecular flexibility index (Phi) is 6.79. The lowest BCUT2D eigenvalue weighted by Crippen LogP contribution is -2.17. The molecule has 1 nitrogen and oxygen atoms in total. The van der Waals surface area contributed by atoms with E-state index in [4.69, 9.17) is 0 Å². The predicted molar refractivity (Wildman–Crippen MR) is 86.4 cm³/mol. The molecule has 1 aliphatic rings. The molecule has 0 aromatic heterocycles. The summed E-state index contributed by atoms with van der Waals surface area (Å²) in [4.78, 5) is 0. The van der Waals surface area contributed by atoms with Crippen LogP contribution in [0.2, 0.25) is 0 Å². The SMILES string of the molecule is CCCCC1CCC(CCc2ccc(OC(F)(F)F)cc2)CC1. The average molecular weight is 328 g/mol. The van der Waals surface area contributed by atoms with Crippen molar-refractivity contribution < 1.29 is 17.9 Å². The summed E-state index contributed by atoms with van der Waals surface area (Å²) >= 11 is 0. The van der Waals surface area contributed by atoms with Crippen LogP contribution in [0.1, 0.15) is 63.9 Å². The molecule has 0 aliphatic heterocycles. The molecule has 0 heterocycles. The zero-order chi connectivity index (χ0) is 16.7. The van der Waals surface area contributed by atoms with Gasteiger partial charge in [-0.2, -0.15) is 0 Å². The van der Waals surface area contributed by atoms with E-state index < -0.39 is 6.36 Å². The lowest BCUT2D eigenvalue weighted by atomic mass is 9.78. The Morgan fingerprint density at radius 2 is 1.52 bits per heavy atom. The molecule has 1 fully saturated rings. The minimum Gasteiger partial charge on any atom is -0.406 e. The van der Waals surface area contributed by atoms with Gasteiger partial charge in [0.25, 0.3) is 0 Å². The minimum absolute atomic E-state index is 0.141. The Labute approximate surface area is 137 Å². The van der Waals surface area contributed by atoms with Crippen molar-refractivity contribution in [1.82, 2.24) is 0 Å². The highest BCUT2D eigenvalue weighted by Crippen LogP contribution is 2.34. The number of aryl methyl sites for hydroxylation is 1. The number of ether oxygens (including phenoxy) is 1. The molecule has 0 bridgehead atoms. The van der Waals surface area contributed by atoms with Crippen LogP contribution in [0.4, 0.5) is 13.2 Å². The monoisotopic (exact) mass is 328 g/mol. The van der Waals surface area contributed by atoms with Crippen LogP contribution in [-0.4, -0.2) is 6.36 Å². The molecule has 23 heavy (non-hydrogen) atoms. The molecule has 1 aromatic rings. The summed E-state index contributed by atoms with van der Waals surface area (Å²) < 4.78 is 40.3. The van der Waals surface area contributed by atoms with E-state index in [9.17, 15) is 13.2 Å². The fourth-order valence-corrected chi connectivity index (χ4v) is 3.53. The van der Waals surface area contributed by atoms with E-state index >= 15 is 0 Å². The van der Waals surface area contributed by atoms with E-state index in [1.807, 2.05) is 0 Å². The van der Waals surface area contributed by atoms with Gasteiger partial charge in [0, 0.05) is 0 Å². The van der Waals surface area contributed by atoms with E-state index in [0.717, 1.165) is 30.2 Å².